The van der Waals surface area contributed by atoms with Gasteiger partial charge in [-0.3, -0.25) is 0 Å². The lowest BCUT2D eigenvalue weighted by atomic mass is 9.94. The normalized spacial score (nSPS) is 11.2. The van der Waals surface area contributed by atoms with Crippen LogP contribution in [0.4, 0.5) is 17.1 Å². The van der Waals surface area contributed by atoms with Gasteiger partial charge in [-0.2, -0.15) is 5.26 Å². The molecule has 3 nitrogen and oxygen atoms in total. The predicted octanol–water partition coefficient (Wildman–Crippen LogP) is 11.4. The van der Waals surface area contributed by atoms with E-state index < -0.39 is 0 Å². The molecule has 0 saturated carbocycles. The predicted molar refractivity (Wildman–Crippen MR) is 181 cm³/mol. The van der Waals surface area contributed by atoms with Crippen molar-refractivity contribution in [3.8, 4) is 28.3 Å². The number of fused-ring (bicyclic) bond motifs is 5. The second-order valence-electron chi connectivity index (χ2n) is 10.9. The number of anilines is 3. The fraction of sp³-hybridized carbons (Fsp3) is 0. The molecule has 0 unspecified atom stereocenters. The second-order valence-corrected chi connectivity index (χ2v) is 10.9. The van der Waals surface area contributed by atoms with Gasteiger partial charge in [0.05, 0.1) is 11.6 Å². The number of rotatable bonds is 5. The zero-order valence-corrected chi connectivity index (χ0v) is 23.8. The first-order valence-electron chi connectivity index (χ1n) is 14.7. The first-order chi connectivity index (χ1) is 21.8. The van der Waals surface area contributed by atoms with Gasteiger partial charge in [-0.15, -0.1) is 0 Å². The van der Waals surface area contributed by atoms with Gasteiger partial charge >= 0.3 is 0 Å². The van der Waals surface area contributed by atoms with E-state index in [0.717, 1.165) is 50.1 Å². The van der Waals surface area contributed by atoms with Gasteiger partial charge in [0, 0.05) is 33.2 Å². The summed E-state index contributed by atoms with van der Waals surface area (Å²) in [7, 11) is 0. The zero-order valence-electron chi connectivity index (χ0n) is 23.8. The Labute approximate surface area is 255 Å². The molecule has 0 amide bonds. The molecule has 8 rings (SSSR count). The lowest BCUT2D eigenvalue weighted by molar-refractivity contribution is 0.669. The van der Waals surface area contributed by atoms with Crippen molar-refractivity contribution >= 4 is 49.8 Å². The van der Waals surface area contributed by atoms with Crippen LogP contribution >= 0.6 is 0 Å². The maximum absolute atomic E-state index is 9.42. The molecule has 0 bridgehead atoms. The maximum Gasteiger partial charge on any atom is 0.136 e. The van der Waals surface area contributed by atoms with Crippen LogP contribution < -0.4 is 4.90 Å². The highest BCUT2D eigenvalue weighted by atomic mass is 16.3. The Kier molecular flexibility index (Phi) is 6.18. The number of para-hydroxylation sites is 1. The number of furan rings is 1. The molecule has 0 aliphatic rings. The highest BCUT2D eigenvalue weighted by Gasteiger charge is 2.16. The topological polar surface area (TPSA) is 40.2 Å². The van der Waals surface area contributed by atoms with Gasteiger partial charge in [0.2, 0.25) is 0 Å². The molecule has 8 aromatic rings. The lowest BCUT2D eigenvalue weighted by Crippen LogP contribution is -2.10. The van der Waals surface area contributed by atoms with Crippen LogP contribution in [0.1, 0.15) is 5.56 Å². The molecule has 0 saturated heterocycles. The highest BCUT2D eigenvalue weighted by molar-refractivity contribution is 6.22. The van der Waals surface area contributed by atoms with E-state index in [0.29, 0.717) is 5.56 Å². The Morgan fingerprint density at radius 3 is 1.98 bits per heavy atom. The van der Waals surface area contributed by atoms with E-state index in [-0.39, 0.29) is 0 Å². The summed E-state index contributed by atoms with van der Waals surface area (Å²) in [5, 5.41) is 14.1. The number of nitriles is 1. The third kappa shape index (κ3) is 4.38. The highest BCUT2D eigenvalue weighted by Crippen LogP contribution is 2.41. The molecule has 44 heavy (non-hydrogen) atoms. The monoisotopic (exact) mass is 562 g/mol. The van der Waals surface area contributed by atoms with Crippen molar-refractivity contribution in [2.45, 2.75) is 0 Å². The summed E-state index contributed by atoms with van der Waals surface area (Å²) in [5.74, 6) is 0. The smallest absolute Gasteiger partial charge is 0.136 e. The van der Waals surface area contributed by atoms with Gasteiger partial charge in [-0.1, -0.05) is 97.1 Å². The van der Waals surface area contributed by atoms with Crippen LogP contribution in [0.2, 0.25) is 0 Å². The Morgan fingerprint density at radius 2 is 1.18 bits per heavy atom. The van der Waals surface area contributed by atoms with Gasteiger partial charge < -0.3 is 9.32 Å². The van der Waals surface area contributed by atoms with Crippen molar-refractivity contribution in [1.82, 2.24) is 0 Å². The number of nitrogens with zero attached hydrogens (tertiary/aromatic N) is 2. The Morgan fingerprint density at radius 1 is 0.477 bits per heavy atom. The van der Waals surface area contributed by atoms with Crippen LogP contribution in [0.15, 0.2) is 162 Å². The number of hydrogen-bond donors (Lipinski definition) is 0. The molecule has 1 heterocycles. The molecule has 206 valence electrons. The largest absolute Gasteiger partial charge is 0.456 e. The van der Waals surface area contributed by atoms with Crippen LogP contribution in [0.5, 0.6) is 0 Å². The minimum atomic E-state index is 0.635. The first-order valence-corrected chi connectivity index (χ1v) is 14.7. The molecule has 0 radical (unpaired) electrons. The molecule has 0 N–H and O–H groups in total. The summed E-state index contributed by atoms with van der Waals surface area (Å²) in [5.41, 5.74) is 10.1. The fourth-order valence-corrected chi connectivity index (χ4v) is 6.21. The molecule has 7 aromatic carbocycles. The van der Waals surface area contributed by atoms with E-state index >= 15 is 0 Å². The van der Waals surface area contributed by atoms with E-state index in [4.69, 9.17) is 4.42 Å². The summed E-state index contributed by atoms with van der Waals surface area (Å²) < 4.78 is 6.23. The lowest BCUT2D eigenvalue weighted by Gasteiger charge is -2.26. The molecular weight excluding hydrogens is 536 g/mol. The fourth-order valence-electron chi connectivity index (χ4n) is 6.21. The molecular formula is C41H26N2O. The minimum Gasteiger partial charge on any atom is -0.456 e. The van der Waals surface area contributed by atoms with Crippen LogP contribution in [0.25, 0.3) is 55.0 Å². The van der Waals surface area contributed by atoms with Gasteiger partial charge in [-0.25, -0.2) is 0 Å². The summed E-state index contributed by atoms with van der Waals surface area (Å²) in [6.07, 6.45) is 0. The van der Waals surface area contributed by atoms with E-state index in [9.17, 15) is 5.26 Å². The summed E-state index contributed by atoms with van der Waals surface area (Å²) in [6.45, 7) is 0. The van der Waals surface area contributed by atoms with Crippen molar-refractivity contribution in [1.29, 1.82) is 5.26 Å². The zero-order chi connectivity index (χ0) is 29.5. The van der Waals surface area contributed by atoms with Crippen molar-refractivity contribution < 1.29 is 4.42 Å². The van der Waals surface area contributed by atoms with Crippen molar-refractivity contribution in [3.63, 3.8) is 0 Å². The van der Waals surface area contributed by atoms with Crippen molar-refractivity contribution in [2.24, 2.45) is 0 Å². The first kappa shape index (κ1) is 25.6. The molecule has 0 fully saturated rings. The molecule has 1 aromatic heterocycles. The van der Waals surface area contributed by atoms with Crippen LogP contribution in [0.3, 0.4) is 0 Å². The Balaban J connectivity index is 1.27. The average molecular weight is 563 g/mol. The third-order valence-corrected chi connectivity index (χ3v) is 8.29. The van der Waals surface area contributed by atoms with Crippen LogP contribution in [0, 0.1) is 11.3 Å². The summed E-state index contributed by atoms with van der Waals surface area (Å²) >= 11 is 0. The number of benzene rings is 7. The molecule has 0 spiro atoms. The molecule has 0 atom stereocenters. The van der Waals surface area contributed by atoms with Gasteiger partial charge in [0.25, 0.3) is 0 Å². The average Bonchev–Trinajstić information content (AvgIpc) is 3.48. The summed E-state index contributed by atoms with van der Waals surface area (Å²) in [6, 6.07) is 56.7. The minimum absolute atomic E-state index is 0.635. The second kappa shape index (κ2) is 10.6. The summed E-state index contributed by atoms with van der Waals surface area (Å²) in [4.78, 5) is 2.24. The van der Waals surface area contributed by atoms with Gasteiger partial charge in [0.1, 0.15) is 11.2 Å². The third-order valence-electron chi connectivity index (χ3n) is 8.29. The quantitative estimate of drug-likeness (QED) is 0.209. The SMILES string of the molecule is N#Cc1ccc(N(c2ccc(-c3cccc4ccc5oc6ccccc6c5c34)cc2)c2cccc(-c3ccccc3)c2)cc1. The number of hydrogen-bond acceptors (Lipinski definition) is 3. The van der Waals surface area contributed by atoms with Crippen molar-refractivity contribution in [3.05, 3.63) is 163 Å². The molecule has 0 aliphatic heterocycles. The molecule has 3 heteroatoms. The van der Waals surface area contributed by atoms with E-state index in [1.165, 1.54) is 21.9 Å². The van der Waals surface area contributed by atoms with E-state index in [1.807, 2.05) is 42.5 Å². The maximum atomic E-state index is 9.42. The van der Waals surface area contributed by atoms with E-state index in [2.05, 4.69) is 126 Å². The van der Waals surface area contributed by atoms with Gasteiger partial charge in [-0.05, 0) is 88.3 Å². The van der Waals surface area contributed by atoms with Crippen molar-refractivity contribution in [2.75, 3.05) is 4.90 Å². The van der Waals surface area contributed by atoms with Crippen LogP contribution in [-0.2, 0) is 0 Å². The molecule has 0 aliphatic carbocycles. The Hall–Kier alpha value is -6.11. The standard InChI is InChI=1S/C41H26N2O/c42-27-28-16-21-33(22-17-28)43(35-12-6-11-32(26-35)29-8-2-1-3-9-29)34-23-18-30(19-24-34)36-14-7-10-31-20-25-39-41(40(31)36)37-13-4-5-15-38(37)44-39/h1-26H. The Bertz CT molecular complexity index is 2330. The van der Waals surface area contributed by atoms with E-state index in [1.54, 1.807) is 0 Å². The van der Waals surface area contributed by atoms with Gasteiger partial charge in [0.15, 0.2) is 0 Å². The van der Waals surface area contributed by atoms with Crippen LogP contribution in [-0.4, -0.2) is 0 Å².